The average Bonchev–Trinajstić information content (AvgIpc) is 2.39. The Morgan fingerprint density at radius 2 is 1.94 bits per heavy atom. The molecule has 0 saturated carbocycles. The molecule has 1 fully saturated rings. The molecule has 0 unspecified atom stereocenters. The van der Waals surface area contributed by atoms with Crippen molar-refractivity contribution in [2.24, 2.45) is 0 Å². The summed E-state index contributed by atoms with van der Waals surface area (Å²) in [6.07, 6.45) is 3.80. The fourth-order valence-electron chi connectivity index (χ4n) is 1.85. The van der Waals surface area contributed by atoms with Crippen LogP contribution < -0.4 is 0 Å². The smallest absolute Gasteiger partial charge is 0.412 e. The molecule has 1 aliphatic heterocycles. The highest BCUT2D eigenvalue weighted by Crippen LogP contribution is 2.20. The summed E-state index contributed by atoms with van der Waals surface area (Å²) in [7, 11) is 1.65. The van der Waals surface area contributed by atoms with E-state index in [9.17, 15) is 4.79 Å². The quantitative estimate of drug-likeness (QED) is 0.694. The standard InChI is InChI=1S/C12H23NO3/c1-12(2,3)16-11(14)13-9-7-5-6-8-10(13)15-4/h10H,5-9H2,1-4H3/t10-/m1/s1. The van der Waals surface area contributed by atoms with Crippen LogP contribution in [0.2, 0.25) is 0 Å². The molecule has 1 saturated heterocycles. The first kappa shape index (κ1) is 13.3. The van der Waals surface area contributed by atoms with Gasteiger partial charge in [0.15, 0.2) is 0 Å². The van der Waals surface area contributed by atoms with E-state index in [1.54, 1.807) is 12.0 Å². The molecule has 1 atom stereocenters. The number of ether oxygens (including phenoxy) is 2. The molecule has 0 spiro atoms. The van der Waals surface area contributed by atoms with Crippen molar-refractivity contribution < 1.29 is 14.3 Å². The van der Waals surface area contributed by atoms with Gasteiger partial charge in [0, 0.05) is 13.7 Å². The van der Waals surface area contributed by atoms with Crippen molar-refractivity contribution in [2.45, 2.75) is 58.3 Å². The summed E-state index contributed by atoms with van der Waals surface area (Å²) in [5.41, 5.74) is -0.443. The van der Waals surface area contributed by atoms with E-state index < -0.39 is 5.60 Å². The Labute approximate surface area is 97.9 Å². The van der Waals surface area contributed by atoms with Crippen molar-refractivity contribution in [3.8, 4) is 0 Å². The Morgan fingerprint density at radius 1 is 1.25 bits per heavy atom. The van der Waals surface area contributed by atoms with Crippen LogP contribution in [-0.4, -0.2) is 36.5 Å². The molecule has 0 radical (unpaired) electrons. The molecule has 1 amide bonds. The summed E-state index contributed by atoms with van der Waals surface area (Å²) in [6.45, 7) is 6.37. The van der Waals surface area contributed by atoms with Crippen molar-refractivity contribution in [3.63, 3.8) is 0 Å². The van der Waals surface area contributed by atoms with Gasteiger partial charge in [-0.05, 0) is 40.0 Å². The van der Waals surface area contributed by atoms with E-state index in [2.05, 4.69) is 0 Å². The van der Waals surface area contributed by atoms with Gasteiger partial charge in [-0.3, -0.25) is 4.90 Å². The zero-order valence-electron chi connectivity index (χ0n) is 10.8. The van der Waals surface area contributed by atoms with Gasteiger partial charge in [0.1, 0.15) is 11.8 Å². The minimum atomic E-state index is -0.443. The van der Waals surface area contributed by atoms with Gasteiger partial charge < -0.3 is 9.47 Å². The maximum absolute atomic E-state index is 12.0. The summed E-state index contributed by atoms with van der Waals surface area (Å²) in [6, 6.07) is 0. The molecule has 0 N–H and O–H groups in total. The second kappa shape index (κ2) is 5.53. The molecule has 4 heteroatoms. The molecule has 1 aliphatic rings. The van der Waals surface area contributed by atoms with Crippen molar-refractivity contribution in [3.05, 3.63) is 0 Å². The summed E-state index contributed by atoms with van der Waals surface area (Å²) in [5.74, 6) is 0. The maximum Gasteiger partial charge on any atom is 0.412 e. The second-order valence-corrected chi connectivity index (χ2v) is 5.21. The van der Waals surface area contributed by atoms with Crippen molar-refractivity contribution >= 4 is 6.09 Å². The van der Waals surface area contributed by atoms with E-state index in [4.69, 9.17) is 9.47 Å². The molecule has 4 nitrogen and oxygen atoms in total. The van der Waals surface area contributed by atoms with E-state index in [0.29, 0.717) is 0 Å². The molecule has 0 bridgehead atoms. The van der Waals surface area contributed by atoms with E-state index in [1.165, 1.54) is 0 Å². The molecule has 16 heavy (non-hydrogen) atoms. The van der Waals surface area contributed by atoms with Crippen LogP contribution in [0.15, 0.2) is 0 Å². The van der Waals surface area contributed by atoms with Gasteiger partial charge in [0.2, 0.25) is 0 Å². The topological polar surface area (TPSA) is 38.8 Å². The van der Waals surface area contributed by atoms with Crippen LogP contribution in [0.25, 0.3) is 0 Å². The monoisotopic (exact) mass is 229 g/mol. The molecular formula is C12H23NO3. The number of amides is 1. The highest BCUT2D eigenvalue weighted by molar-refractivity contribution is 5.68. The minimum Gasteiger partial charge on any atom is -0.444 e. The van der Waals surface area contributed by atoms with Crippen molar-refractivity contribution in [1.82, 2.24) is 4.90 Å². The number of carbonyl (C=O) groups is 1. The fraction of sp³-hybridized carbons (Fsp3) is 0.917. The number of methoxy groups -OCH3 is 1. The predicted octanol–water partition coefficient (Wildman–Crippen LogP) is 2.77. The highest BCUT2D eigenvalue weighted by Gasteiger charge is 2.29. The van der Waals surface area contributed by atoms with Gasteiger partial charge in [-0.15, -0.1) is 0 Å². The van der Waals surface area contributed by atoms with Gasteiger partial charge in [-0.2, -0.15) is 0 Å². The number of hydrogen-bond acceptors (Lipinski definition) is 3. The lowest BCUT2D eigenvalue weighted by Crippen LogP contribution is -2.44. The van der Waals surface area contributed by atoms with Gasteiger partial charge in [-0.25, -0.2) is 4.79 Å². The zero-order chi connectivity index (χ0) is 12.2. The number of rotatable bonds is 1. The van der Waals surface area contributed by atoms with Crippen molar-refractivity contribution in [1.29, 1.82) is 0 Å². The third-order valence-electron chi connectivity index (χ3n) is 2.60. The van der Waals surface area contributed by atoms with Crippen LogP contribution in [0.5, 0.6) is 0 Å². The third kappa shape index (κ3) is 4.00. The van der Waals surface area contributed by atoms with E-state index in [0.717, 1.165) is 32.2 Å². The van der Waals surface area contributed by atoms with E-state index in [1.807, 2.05) is 20.8 Å². The zero-order valence-corrected chi connectivity index (χ0v) is 10.8. The van der Waals surface area contributed by atoms with Crippen molar-refractivity contribution in [2.75, 3.05) is 13.7 Å². The Bertz CT molecular complexity index is 235. The first-order valence-corrected chi connectivity index (χ1v) is 5.96. The highest BCUT2D eigenvalue weighted by atomic mass is 16.6. The lowest BCUT2D eigenvalue weighted by molar-refractivity contribution is -0.0487. The van der Waals surface area contributed by atoms with Crippen LogP contribution in [0, 0.1) is 0 Å². The second-order valence-electron chi connectivity index (χ2n) is 5.21. The minimum absolute atomic E-state index is 0.127. The summed E-state index contributed by atoms with van der Waals surface area (Å²) < 4.78 is 10.7. The largest absolute Gasteiger partial charge is 0.444 e. The fourth-order valence-corrected chi connectivity index (χ4v) is 1.85. The summed E-state index contributed by atoms with van der Waals surface area (Å²) in [5, 5.41) is 0. The molecule has 94 valence electrons. The Kier molecular flexibility index (Phi) is 4.59. The molecule has 1 heterocycles. The van der Waals surface area contributed by atoms with Crippen LogP contribution in [0.1, 0.15) is 46.5 Å². The number of nitrogens with zero attached hydrogens (tertiary/aromatic N) is 1. The van der Waals surface area contributed by atoms with E-state index in [-0.39, 0.29) is 12.3 Å². The predicted molar refractivity (Wildman–Crippen MR) is 62.2 cm³/mol. The van der Waals surface area contributed by atoms with E-state index >= 15 is 0 Å². The molecule has 0 aromatic carbocycles. The first-order valence-electron chi connectivity index (χ1n) is 5.96. The van der Waals surface area contributed by atoms with Gasteiger partial charge >= 0.3 is 6.09 Å². The maximum atomic E-state index is 12.0. The molecule has 1 rings (SSSR count). The molecule has 0 aromatic heterocycles. The normalized spacial score (nSPS) is 22.8. The van der Waals surface area contributed by atoms with Crippen LogP contribution in [-0.2, 0) is 9.47 Å². The number of likely N-dealkylation sites (tertiary alicyclic amines) is 1. The molecule has 0 aromatic rings. The SMILES string of the molecule is CO[C@@H]1CCCCCN1C(=O)OC(C)(C)C. The molecule has 0 aliphatic carbocycles. The lowest BCUT2D eigenvalue weighted by Gasteiger charge is -2.31. The Balaban J connectivity index is 2.63. The van der Waals surface area contributed by atoms with Gasteiger partial charge in [0.05, 0.1) is 0 Å². The van der Waals surface area contributed by atoms with Crippen LogP contribution >= 0.6 is 0 Å². The Morgan fingerprint density at radius 3 is 2.50 bits per heavy atom. The molecular weight excluding hydrogens is 206 g/mol. The van der Waals surface area contributed by atoms with Gasteiger partial charge in [0.25, 0.3) is 0 Å². The van der Waals surface area contributed by atoms with Crippen LogP contribution in [0.4, 0.5) is 4.79 Å². The van der Waals surface area contributed by atoms with Crippen LogP contribution in [0.3, 0.4) is 0 Å². The Hall–Kier alpha value is -0.770. The first-order chi connectivity index (χ1) is 7.44. The number of hydrogen-bond donors (Lipinski definition) is 0. The average molecular weight is 229 g/mol. The third-order valence-corrected chi connectivity index (χ3v) is 2.60. The summed E-state index contributed by atoms with van der Waals surface area (Å²) >= 11 is 0. The van der Waals surface area contributed by atoms with Gasteiger partial charge in [-0.1, -0.05) is 6.42 Å². The summed E-state index contributed by atoms with van der Waals surface area (Å²) in [4.78, 5) is 13.7. The lowest BCUT2D eigenvalue weighted by atomic mass is 10.2. The number of carbonyl (C=O) groups excluding carboxylic acids is 1.